The predicted octanol–water partition coefficient (Wildman–Crippen LogP) is 4.87. The van der Waals surface area contributed by atoms with Crippen molar-refractivity contribution in [3.63, 3.8) is 0 Å². The topological polar surface area (TPSA) is 58.3 Å². The summed E-state index contributed by atoms with van der Waals surface area (Å²) in [5.74, 6) is 1.10. The van der Waals surface area contributed by atoms with Crippen LogP contribution >= 0.6 is 0 Å². The van der Waals surface area contributed by atoms with Crippen molar-refractivity contribution in [1.82, 2.24) is 20.0 Å². The van der Waals surface area contributed by atoms with Crippen LogP contribution in [0.25, 0.3) is 11.4 Å². The summed E-state index contributed by atoms with van der Waals surface area (Å²) in [6.07, 6.45) is -2.71. The second-order valence-corrected chi connectivity index (χ2v) is 7.88. The maximum Gasteiger partial charge on any atom is 0.417 e. The molecule has 0 bridgehead atoms. The Morgan fingerprint density at radius 2 is 1.88 bits per heavy atom. The Bertz CT molecular complexity index is 1070. The number of benzene rings is 1. The van der Waals surface area contributed by atoms with Crippen molar-refractivity contribution in [2.45, 2.75) is 32.5 Å². The minimum absolute atomic E-state index is 0.140. The van der Waals surface area contributed by atoms with E-state index in [2.05, 4.69) is 20.0 Å². The van der Waals surface area contributed by atoms with Crippen LogP contribution in [0.1, 0.15) is 36.4 Å². The average molecular weight is 449 g/mol. The number of halogens is 4. The Balaban J connectivity index is 1.42. The molecule has 4 rings (SSSR count). The summed E-state index contributed by atoms with van der Waals surface area (Å²) in [4.78, 5) is 12.7. The van der Waals surface area contributed by atoms with Crippen LogP contribution in [0.4, 0.5) is 23.4 Å². The number of pyridine rings is 1. The van der Waals surface area contributed by atoms with Gasteiger partial charge in [-0.1, -0.05) is 5.16 Å². The molecule has 0 aliphatic carbocycles. The van der Waals surface area contributed by atoms with Crippen molar-refractivity contribution in [2.75, 3.05) is 31.1 Å². The Kier molecular flexibility index (Phi) is 6.14. The minimum atomic E-state index is -4.40. The predicted molar refractivity (Wildman–Crippen MR) is 110 cm³/mol. The van der Waals surface area contributed by atoms with Crippen molar-refractivity contribution in [3.8, 4) is 11.4 Å². The molecule has 32 heavy (non-hydrogen) atoms. The van der Waals surface area contributed by atoms with Crippen molar-refractivity contribution in [1.29, 1.82) is 0 Å². The first kappa shape index (κ1) is 22.2. The maximum atomic E-state index is 13.5. The number of alkyl halides is 3. The van der Waals surface area contributed by atoms with E-state index in [-0.39, 0.29) is 11.9 Å². The van der Waals surface area contributed by atoms with Gasteiger partial charge in [-0.25, -0.2) is 9.37 Å². The molecule has 10 heteroatoms. The molecule has 0 amide bonds. The first-order valence-electron chi connectivity index (χ1n) is 10.3. The van der Waals surface area contributed by atoms with Crippen LogP contribution in [-0.4, -0.2) is 46.2 Å². The van der Waals surface area contributed by atoms with Gasteiger partial charge in [0.05, 0.1) is 11.6 Å². The van der Waals surface area contributed by atoms with Gasteiger partial charge in [0.15, 0.2) is 0 Å². The smallest absolute Gasteiger partial charge is 0.355 e. The van der Waals surface area contributed by atoms with Gasteiger partial charge in [0.2, 0.25) is 11.7 Å². The molecule has 3 aromatic rings. The summed E-state index contributed by atoms with van der Waals surface area (Å²) in [7, 11) is 0. The van der Waals surface area contributed by atoms with E-state index in [1.54, 1.807) is 19.1 Å². The molecule has 0 radical (unpaired) electrons. The third-order valence-corrected chi connectivity index (χ3v) is 5.69. The molecule has 1 fully saturated rings. The molecule has 0 saturated carbocycles. The molecule has 1 aliphatic rings. The molecule has 2 aromatic heterocycles. The fraction of sp³-hybridized carbons (Fsp3) is 0.409. The number of hydrogen-bond donors (Lipinski definition) is 0. The zero-order chi connectivity index (χ0) is 22.9. The number of anilines is 1. The Morgan fingerprint density at radius 3 is 2.56 bits per heavy atom. The van der Waals surface area contributed by atoms with Gasteiger partial charge in [0, 0.05) is 37.9 Å². The summed E-state index contributed by atoms with van der Waals surface area (Å²) in [5, 5.41) is 4.04. The van der Waals surface area contributed by atoms with Gasteiger partial charge < -0.3 is 9.42 Å². The second-order valence-electron chi connectivity index (χ2n) is 7.88. The molecule has 1 atom stereocenters. The lowest BCUT2D eigenvalue weighted by Crippen LogP contribution is -2.33. The van der Waals surface area contributed by atoms with E-state index in [0.29, 0.717) is 48.3 Å². The molecule has 1 unspecified atom stereocenters. The highest BCUT2D eigenvalue weighted by Gasteiger charge is 2.31. The van der Waals surface area contributed by atoms with Crippen LogP contribution in [-0.2, 0) is 6.18 Å². The number of nitrogens with zero attached hydrogens (tertiary/aromatic N) is 5. The number of hydrogen-bond acceptors (Lipinski definition) is 6. The first-order valence-corrected chi connectivity index (χ1v) is 10.3. The van der Waals surface area contributed by atoms with Gasteiger partial charge >= 0.3 is 6.18 Å². The molecule has 1 aliphatic heterocycles. The fourth-order valence-electron chi connectivity index (χ4n) is 3.76. The lowest BCUT2D eigenvalue weighted by Gasteiger charge is -2.25. The van der Waals surface area contributed by atoms with Crippen LogP contribution in [0.15, 0.2) is 41.1 Å². The van der Waals surface area contributed by atoms with Crippen LogP contribution < -0.4 is 4.90 Å². The highest BCUT2D eigenvalue weighted by molar-refractivity contribution is 5.55. The van der Waals surface area contributed by atoms with Crippen molar-refractivity contribution < 1.29 is 22.1 Å². The molecule has 1 saturated heterocycles. The van der Waals surface area contributed by atoms with Crippen LogP contribution in [0.5, 0.6) is 0 Å². The standard InChI is InChI=1S/C22H23F4N5O/c1-14-12-16(4-6-18(14)23)20-28-21(32-29-20)15(2)30-8-3-9-31(11-10-30)19-7-5-17(13-27-19)22(24,25)26/h4-7,12-13,15H,3,8-11H2,1-2H3. The van der Waals surface area contributed by atoms with E-state index in [9.17, 15) is 17.6 Å². The van der Waals surface area contributed by atoms with E-state index in [1.807, 2.05) is 11.8 Å². The minimum Gasteiger partial charge on any atom is -0.355 e. The third kappa shape index (κ3) is 4.74. The molecule has 1 aromatic carbocycles. The highest BCUT2D eigenvalue weighted by atomic mass is 19.4. The Labute approximate surface area is 182 Å². The molecular weight excluding hydrogens is 426 g/mol. The lowest BCUT2D eigenvalue weighted by molar-refractivity contribution is -0.137. The fourth-order valence-corrected chi connectivity index (χ4v) is 3.76. The van der Waals surface area contributed by atoms with Gasteiger partial charge in [-0.15, -0.1) is 0 Å². The zero-order valence-electron chi connectivity index (χ0n) is 17.7. The summed E-state index contributed by atoms with van der Waals surface area (Å²) < 4.78 is 57.3. The Hall–Kier alpha value is -3.01. The maximum absolute atomic E-state index is 13.5. The molecule has 3 heterocycles. The monoisotopic (exact) mass is 449 g/mol. The first-order chi connectivity index (χ1) is 15.2. The van der Waals surface area contributed by atoms with Crippen LogP contribution in [0.2, 0.25) is 0 Å². The van der Waals surface area contributed by atoms with Gasteiger partial charge in [0.1, 0.15) is 11.6 Å². The lowest BCUT2D eigenvalue weighted by atomic mass is 10.1. The number of rotatable bonds is 4. The van der Waals surface area contributed by atoms with Gasteiger partial charge in [-0.2, -0.15) is 18.2 Å². The van der Waals surface area contributed by atoms with E-state index >= 15 is 0 Å². The van der Waals surface area contributed by atoms with E-state index < -0.39 is 11.7 Å². The van der Waals surface area contributed by atoms with Gasteiger partial charge in [0.25, 0.3) is 0 Å². The molecule has 6 nitrogen and oxygen atoms in total. The van der Waals surface area contributed by atoms with E-state index in [1.165, 1.54) is 12.1 Å². The van der Waals surface area contributed by atoms with Crippen molar-refractivity contribution in [3.05, 3.63) is 59.4 Å². The summed E-state index contributed by atoms with van der Waals surface area (Å²) >= 11 is 0. The summed E-state index contributed by atoms with van der Waals surface area (Å²) in [5.41, 5.74) is 0.433. The Morgan fingerprint density at radius 1 is 1.06 bits per heavy atom. The third-order valence-electron chi connectivity index (χ3n) is 5.69. The van der Waals surface area contributed by atoms with Crippen molar-refractivity contribution in [2.24, 2.45) is 0 Å². The quantitative estimate of drug-likeness (QED) is 0.530. The van der Waals surface area contributed by atoms with Gasteiger partial charge in [-0.3, -0.25) is 4.90 Å². The molecule has 0 N–H and O–H groups in total. The van der Waals surface area contributed by atoms with Crippen LogP contribution in [0, 0.1) is 12.7 Å². The highest BCUT2D eigenvalue weighted by Crippen LogP contribution is 2.30. The largest absolute Gasteiger partial charge is 0.417 e. The van der Waals surface area contributed by atoms with Crippen LogP contribution in [0.3, 0.4) is 0 Å². The normalized spacial score (nSPS) is 16.8. The van der Waals surface area contributed by atoms with Gasteiger partial charge in [-0.05, 0) is 56.2 Å². The second kappa shape index (κ2) is 8.85. The number of aryl methyl sites for hydroxylation is 1. The van der Waals surface area contributed by atoms with Crippen molar-refractivity contribution >= 4 is 5.82 Å². The molecule has 0 spiro atoms. The SMILES string of the molecule is Cc1cc(-c2noc(C(C)N3CCCN(c4ccc(C(F)(F)F)cn4)CC3)n2)ccc1F. The summed E-state index contributed by atoms with van der Waals surface area (Å²) in [6.45, 7) is 6.38. The van der Waals surface area contributed by atoms with E-state index in [0.717, 1.165) is 25.2 Å². The average Bonchev–Trinajstić information content (AvgIpc) is 3.13. The summed E-state index contributed by atoms with van der Waals surface area (Å²) in [6, 6.07) is 7.00. The molecular formula is C22H23F4N5O. The number of aromatic nitrogens is 3. The zero-order valence-corrected chi connectivity index (χ0v) is 17.7. The van der Waals surface area contributed by atoms with E-state index in [4.69, 9.17) is 4.52 Å². The molecule has 170 valence electrons.